The van der Waals surface area contributed by atoms with Crippen LogP contribution >= 0.6 is 11.6 Å². The Morgan fingerprint density at radius 3 is 2.96 bits per heavy atom. The van der Waals surface area contributed by atoms with Crippen LogP contribution in [0.25, 0.3) is 0 Å². The number of anilines is 1. The van der Waals surface area contributed by atoms with Crippen molar-refractivity contribution in [1.29, 1.82) is 0 Å². The van der Waals surface area contributed by atoms with Crippen LogP contribution in [0.5, 0.6) is 5.75 Å². The van der Waals surface area contributed by atoms with Crippen molar-refractivity contribution < 1.29 is 14.1 Å². The lowest BCUT2D eigenvalue weighted by atomic mass is 10.2. The summed E-state index contributed by atoms with van der Waals surface area (Å²) < 4.78 is 10.9. The van der Waals surface area contributed by atoms with Crippen molar-refractivity contribution in [2.45, 2.75) is 33.4 Å². The van der Waals surface area contributed by atoms with E-state index in [9.17, 15) is 4.79 Å². The van der Waals surface area contributed by atoms with Gasteiger partial charge in [0.25, 0.3) is 0 Å². The number of halogens is 1. The summed E-state index contributed by atoms with van der Waals surface area (Å²) in [5.74, 6) is 1.40. The van der Waals surface area contributed by atoms with Gasteiger partial charge in [0.05, 0.1) is 24.5 Å². The zero-order valence-electron chi connectivity index (χ0n) is 13.9. The van der Waals surface area contributed by atoms with Crippen LogP contribution in [0.4, 0.5) is 5.69 Å². The number of nitrogens with zero attached hydrogens (tertiary/aromatic N) is 2. The largest absolute Gasteiger partial charge is 0.487 e. The SMILES string of the molecule is Cc1noc(C)c1CNC(=O)CN1CC(C)Oc2ccc(Cl)cc21. The monoisotopic (exact) mass is 349 g/mol. The summed E-state index contributed by atoms with van der Waals surface area (Å²) in [4.78, 5) is 14.3. The lowest BCUT2D eigenvalue weighted by molar-refractivity contribution is -0.120. The molecular formula is C17H20ClN3O3. The van der Waals surface area contributed by atoms with E-state index in [4.69, 9.17) is 20.9 Å². The maximum atomic E-state index is 12.4. The van der Waals surface area contributed by atoms with Crippen LogP contribution in [0.15, 0.2) is 22.7 Å². The highest BCUT2D eigenvalue weighted by atomic mass is 35.5. The van der Waals surface area contributed by atoms with E-state index >= 15 is 0 Å². The summed E-state index contributed by atoms with van der Waals surface area (Å²) in [6.45, 7) is 6.95. The molecule has 0 bridgehead atoms. The van der Waals surface area contributed by atoms with Crippen molar-refractivity contribution in [3.8, 4) is 5.75 Å². The predicted molar refractivity (Wildman–Crippen MR) is 91.6 cm³/mol. The molecule has 6 nitrogen and oxygen atoms in total. The fourth-order valence-electron chi connectivity index (χ4n) is 2.82. The van der Waals surface area contributed by atoms with Gasteiger partial charge in [-0.15, -0.1) is 0 Å². The Kier molecular flexibility index (Phi) is 4.66. The van der Waals surface area contributed by atoms with Gasteiger partial charge in [-0.05, 0) is 39.0 Å². The zero-order valence-corrected chi connectivity index (χ0v) is 14.7. The molecule has 0 saturated heterocycles. The molecule has 2 heterocycles. The van der Waals surface area contributed by atoms with Crippen molar-refractivity contribution in [3.63, 3.8) is 0 Å². The maximum absolute atomic E-state index is 12.4. The van der Waals surface area contributed by atoms with Gasteiger partial charge in [0.1, 0.15) is 17.6 Å². The number of amides is 1. The van der Waals surface area contributed by atoms with Gasteiger partial charge < -0.3 is 19.5 Å². The number of benzene rings is 1. The van der Waals surface area contributed by atoms with Gasteiger partial charge >= 0.3 is 0 Å². The molecule has 1 N–H and O–H groups in total. The molecule has 0 aliphatic carbocycles. The summed E-state index contributed by atoms with van der Waals surface area (Å²) in [6.07, 6.45) is 0.00837. The number of ether oxygens (including phenoxy) is 1. The number of hydrogen-bond donors (Lipinski definition) is 1. The van der Waals surface area contributed by atoms with Crippen LogP contribution in [0.3, 0.4) is 0 Å². The van der Waals surface area contributed by atoms with Crippen molar-refractivity contribution in [1.82, 2.24) is 10.5 Å². The molecule has 0 saturated carbocycles. The molecule has 0 spiro atoms. The van der Waals surface area contributed by atoms with E-state index in [1.54, 1.807) is 6.07 Å². The van der Waals surface area contributed by atoms with Crippen molar-refractivity contribution in [2.75, 3.05) is 18.0 Å². The Morgan fingerprint density at radius 1 is 1.46 bits per heavy atom. The molecule has 1 amide bonds. The highest BCUT2D eigenvalue weighted by Crippen LogP contribution is 2.35. The molecule has 3 rings (SSSR count). The van der Waals surface area contributed by atoms with E-state index in [-0.39, 0.29) is 18.6 Å². The van der Waals surface area contributed by atoms with Crippen molar-refractivity contribution >= 4 is 23.2 Å². The fourth-order valence-corrected chi connectivity index (χ4v) is 2.99. The molecule has 2 aromatic rings. The van der Waals surface area contributed by atoms with Crippen LogP contribution in [0.1, 0.15) is 23.9 Å². The second kappa shape index (κ2) is 6.73. The number of fused-ring (bicyclic) bond motifs is 1. The topological polar surface area (TPSA) is 67.6 Å². The van der Waals surface area contributed by atoms with E-state index in [1.807, 2.05) is 37.8 Å². The van der Waals surface area contributed by atoms with Crippen LogP contribution in [0, 0.1) is 13.8 Å². The molecule has 0 radical (unpaired) electrons. The summed E-state index contributed by atoms with van der Waals surface area (Å²) in [5, 5.41) is 7.43. The lowest BCUT2D eigenvalue weighted by Gasteiger charge is -2.34. The van der Waals surface area contributed by atoms with Gasteiger partial charge in [-0.1, -0.05) is 16.8 Å². The second-order valence-electron chi connectivity index (χ2n) is 6.00. The highest BCUT2D eigenvalue weighted by molar-refractivity contribution is 6.31. The Labute approximate surface area is 145 Å². The molecule has 128 valence electrons. The molecule has 1 unspecified atom stereocenters. The van der Waals surface area contributed by atoms with Crippen LogP contribution in [-0.4, -0.2) is 30.3 Å². The molecule has 1 aliphatic rings. The predicted octanol–water partition coefficient (Wildman–Crippen LogP) is 2.85. The van der Waals surface area contributed by atoms with Gasteiger partial charge in [0.2, 0.25) is 5.91 Å². The average molecular weight is 350 g/mol. The number of aryl methyl sites for hydroxylation is 2. The highest BCUT2D eigenvalue weighted by Gasteiger charge is 2.25. The minimum Gasteiger partial charge on any atom is -0.487 e. The van der Waals surface area contributed by atoms with Gasteiger partial charge in [-0.3, -0.25) is 4.79 Å². The van der Waals surface area contributed by atoms with E-state index in [0.29, 0.717) is 18.1 Å². The first-order valence-electron chi connectivity index (χ1n) is 7.83. The van der Waals surface area contributed by atoms with E-state index in [0.717, 1.165) is 28.5 Å². The second-order valence-corrected chi connectivity index (χ2v) is 6.44. The van der Waals surface area contributed by atoms with Crippen LogP contribution in [-0.2, 0) is 11.3 Å². The smallest absolute Gasteiger partial charge is 0.239 e. The number of aromatic nitrogens is 1. The van der Waals surface area contributed by atoms with Gasteiger partial charge in [-0.25, -0.2) is 0 Å². The van der Waals surface area contributed by atoms with E-state index < -0.39 is 0 Å². The molecule has 7 heteroatoms. The molecule has 0 fully saturated rings. The third-order valence-corrected chi connectivity index (χ3v) is 4.28. The number of rotatable bonds is 4. The summed E-state index contributed by atoms with van der Waals surface area (Å²) in [6, 6.07) is 5.45. The van der Waals surface area contributed by atoms with E-state index in [2.05, 4.69) is 10.5 Å². The van der Waals surface area contributed by atoms with Crippen molar-refractivity contribution in [2.24, 2.45) is 0 Å². The number of nitrogens with one attached hydrogen (secondary N) is 1. The molecule has 24 heavy (non-hydrogen) atoms. The molecule has 1 aliphatic heterocycles. The first kappa shape index (κ1) is 16.6. The quantitative estimate of drug-likeness (QED) is 0.919. The summed E-state index contributed by atoms with van der Waals surface area (Å²) in [5.41, 5.74) is 2.56. The summed E-state index contributed by atoms with van der Waals surface area (Å²) >= 11 is 6.08. The average Bonchev–Trinajstić information content (AvgIpc) is 2.84. The normalized spacial score (nSPS) is 16.5. The van der Waals surface area contributed by atoms with Gasteiger partial charge in [0, 0.05) is 17.1 Å². The van der Waals surface area contributed by atoms with Gasteiger partial charge in [-0.2, -0.15) is 0 Å². The maximum Gasteiger partial charge on any atom is 0.239 e. The van der Waals surface area contributed by atoms with E-state index in [1.165, 1.54) is 0 Å². The Hall–Kier alpha value is -2.21. The lowest BCUT2D eigenvalue weighted by Crippen LogP contribution is -2.44. The van der Waals surface area contributed by atoms with Crippen LogP contribution < -0.4 is 15.0 Å². The molecular weight excluding hydrogens is 330 g/mol. The Morgan fingerprint density at radius 2 is 2.25 bits per heavy atom. The zero-order chi connectivity index (χ0) is 17.3. The summed E-state index contributed by atoms with van der Waals surface area (Å²) in [7, 11) is 0. The Bertz CT molecular complexity index is 740. The minimum absolute atomic E-state index is 0.00837. The number of carbonyl (C=O) groups is 1. The molecule has 1 atom stereocenters. The Balaban J connectivity index is 1.67. The van der Waals surface area contributed by atoms with Crippen molar-refractivity contribution in [3.05, 3.63) is 40.2 Å². The molecule has 1 aromatic heterocycles. The third kappa shape index (κ3) is 3.48. The number of carbonyl (C=O) groups excluding carboxylic acids is 1. The fraction of sp³-hybridized carbons (Fsp3) is 0.412. The minimum atomic E-state index is -0.0741. The first-order chi connectivity index (χ1) is 11.4. The first-order valence-corrected chi connectivity index (χ1v) is 8.21. The molecule has 1 aromatic carbocycles. The van der Waals surface area contributed by atoms with Gasteiger partial charge in [0.15, 0.2) is 0 Å². The number of hydrogen-bond acceptors (Lipinski definition) is 5. The third-order valence-electron chi connectivity index (χ3n) is 4.05. The van der Waals surface area contributed by atoms with Crippen LogP contribution in [0.2, 0.25) is 5.02 Å². The standard InChI is InChI=1S/C17H20ClN3O3/c1-10-8-21(15-6-13(18)4-5-16(15)23-10)9-17(22)19-7-14-11(2)20-24-12(14)3/h4-6,10H,7-9H2,1-3H3,(H,19,22).